The first kappa shape index (κ1) is 15.2. The summed E-state index contributed by atoms with van der Waals surface area (Å²) >= 11 is 0. The van der Waals surface area contributed by atoms with E-state index in [1.165, 1.54) is 6.92 Å². The zero-order valence-corrected chi connectivity index (χ0v) is 10.3. The molecule has 0 aliphatic rings. The van der Waals surface area contributed by atoms with Gasteiger partial charge >= 0.3 is 11.9 Å². The second-order valence-corrected chi connectivity index (χ2v) is 3.11. The van der Waals surface area contributed by atoms with Gasteiger partial charge in [-0.05, 0) is 13.8 Å². The third kappa shape index (κ3) is 9.10. The first-order chi connectivity index (χ1) is 7.95. The Morgan fingerprint density at radius 3 is 2.29 bits per heavy atom. The summed E-state index contributed by atoms with van der Waals surface area (Å²) in [6.45, 7) is 8.13. The number of ether oxygens (including phenoxy) is 3. The van der Waals surface area contributed by atoms with Crippen molar-refractivity contribution in [3.63, 3.8) is 0 Å². The van der Waals surface area contributed by atoms with Crippen LogP contribution in [0.15, 0.2) is 17.3 Å². The van der Waals surface area contributed by atoms with Crippen LogP contribution in [0.25, 0.3) is 0 Å². The number of carbonyl (C=O) groups excluding carboxylic acids is 2. The molecule has 0 amide bonds. The number of allylic oxidation sites excluding steroid dienone is 1. The molecule has 96 valence electrons. The molecule has 0 saturated heterocycles. The Bertz CT molecular complexity index is 322. The minimum atomic E-state index is -0.618. The van der Waals surface area contributed by atoms with Gasteiger partial charge in [0.25, 0.3) is 0 Å². The molecule has 6 heteroatoms. The minimum Gasteiger partial charge on any atom is -0.487 e. The molecule has 0 bridgehead atoms. The van der Waals surface area contributed by atoms with Crippen molar-refractivity contribution in [2.24, 2.45) is 4.99 Å². The summed E-state index contributed by atoms with van der Waals surface area (Å²) in [7, 11) is 0. The summed E-state index contributed by atoms with van der Waals surface area (Å²) in [6, 6.07) is 0. The molecule has 0 rings (SSSR count). The van der Waals surface area contributed by atoms with Gasteiger partial charge in [0.05, 0.1) is 5.76 Å². The van der Waals surface area contributed by atoms with Crippen molar-refractivity contribution >= 4 is 17.8 Å². The lowest BCUT2D eigenvalue weighted by Gasteiger charge is -2.08. The highest BCUT2D eigenvalue weighted by molar-refractivity contribution is 5.90. The lowest BCUT2D eigenvalue weighted by Crippen LogP contribution is -2.22. The SMILES string of the molecule is C=C(C)OCC(=O)OC(COC(C)=O)=NCC. The van der Waals surface area contributed by atoms with Gasteiger partial charge in [-0.1, -0.05) is 6.58 Å². The van der Waals surface area contributed by atoms with Crippen LogP contribution < -0.4 is 0 Å². The van der Waals surface area contributed by atoms with Crippen molar-refractivity contribution in [2.75, 3.05) is 19.8 Å². The number of hydrogen-bond donors (Lipinski definition) is 0. The van der Waals surface area contributed by atoms with E-state index >= 15 is 0 Å². The Balaban J connectivity index is 4.15. The standard InChI is InChI=1S/C11H17NO5/c1-5-12-10(6-16-9(4)13)17-11(14)7-15-8(2)3/h2,5-7H2,1,3-4H3. The second-order valence-electron chi connectivity index (χ2n) is 3.11. The third-order valence-electron chi connectivity index (χ3n) is 1.40. The maximum absolute atomic E-state index is 11.3. The van der Waals surface area contributed by atoms with E-state index in [1.54, 1.807) is 13.8 Å². The van der Waals surface area contributed by atoms with E-state index < -0.39 is 11.9 Å². The monoisotopic (exact) mass is 243 g/mol. The second kappa shape index (κ2) is 8.32. The molecule has 0 radical (unpaired) electrons. The third-order valence-corrected chi connectivity index (χ3v) is 1.40. The molecule has 0 spiro atoms. The van der Waals surface area contributed by atoms with Crippen molar-refractivity contribution in [3.05, 3.63) is 12.3 Å². The van der Waals surface area contributed by atoms with Gasteiger partial charge in [-0.2, -0.15) is 0 Å². The van der Waals surface area contributed by atoms with E-state index in [0.29, 0.717) is 12.3 Å². The van der Waals surface area contributed by atoms with Crippen molar-refractivity contribution < 1.29 is 23.8 Å². The van der Waals surface area contributed by atoms with Crippen molar-refractivity contribution in [1.29, 1.82) is 0 Å². The highest BCUT2D eigenvalue weighted by Crippen LogP contribution is 1.94. The Hall–Kier alpha value is -1.85. The molecule has 0 aromatic heterocycles. The topological polar surface area (TPSA) is 74.2 Å². The summed E-state index contributed by atoms with van der Waals surface area (Å²) in [6.07, 6.45) is 0. The van der Waals surface area contributed by atoms with Gasteiger partial charge in [0, 0.05) is 13.5 Å². The summed E-state index contributed by atoms with van der Waals surface area (Å²) in [5.41, 5.74) is 0. The van der Waals surface area contributed by atoms with Crippen LogP contribution in [-0.2, 0) is 23.8 Å². The largest absolute Gasteiger partial charge is 0.487 e. The average molecular weight is 243 g/mol. The van der Waals surface area contributed by atoms with E-state index in [0.717, 1.165) is 0 Å². The van der Waals surface area contributed by atoms with E-state index in [2.05, 4.69) is 16.3 Å². The van der Waals surface area contributed by atoms with Crippen molar-refractivity contribution in [3.8, 4) is 0 Å². The highest BCUT2D eigenvalue weighted by Gasteiger charge is 2.10. The molecule has 0 fully saturated rings. The molecule has 0 aliphatic heterocycles. The Labute approximate surface area is 100 Å². The number of esters is 2. The number of carbonyl (C=O) groups is 2. The summed E-state index contributed by atoms with van der Waals surface area (Å²) < 4.78 is 14.4. The van der Waals surface area contributed by atoms with Crippen molar-refractivity contribution in [1.82, 2.24) is 0 Å². The smallest absolute Gasteiger partial charge is 0.350 e. The van der Waals surface area contributed by atoms with E-state index in [-0.39, 0.29) is 19.1 Å². The van der Waals surface area contributed by atoms with Crippen LogP contribution >= 0.6 is 0 Å². The highest BCUT2D eigenvalue weighted by atomic mass is 16.6. The van der Waals surface area contributed by atoms with Crippen LogP contribution in [0, 0.1) is 0 Å². The molecule has 0 N–H and O–H groups in total. The van der Waals surface area contributed by atoms with Gasteiger partial charge in [0.1, 0.15) is 0 Å². The average Bonchev–Trinajstić information content (AvgIpc) is 2.23. The predicted molar refractivity (Wildman–Crippen MR) is 61.5 cm³/mol. The van der Waals surface area contributed by atoms with Gasteiger partial charge in [0.15, 0.2) is 13.2 Å². The molecule has 6 nitrogen and oxygen atoms in total. The molecule has 0 unspecified atom stereocenters. The molecule has 0 saturated carbocycles. The van der Waals surface area contributed by atoms with E-state index in [1.807, 2.05) is 0 Å². The summed E-state index contributed by atoms with van der Waals surface area (Å²) in [5.74, 6) is -0.621. The lowest BCUT2D eigenvalue weighted by molar-refractivity contribution is -0.143. The minimum absolute atomic E-state index is 0.0537. The Morgan fingerprint density at radius 2 is 1.82 bits per heavy atom. The van der Waals surface area contributed by atoms with E-state index in [9.17, 15) is 9.59 Å². The molecular weight excluding hydrogens is 226 g/mol. The first-order valence-corrected chi connectivity index (χ1v) is 5.11. The molecular formula is C11H17NO5. The zero-order chi connectivity index (χ0) is 13.3. The van der Waals surface area contributed by atoms with Crippen LogP contribution in [0.5, 0.6) is 0 Å². The van der Waals surface area contributed by atoms with Gasteiger partial charge in [-0.15, -0.1) is 0 Å². The predicted octanol–water partition coefficient (Wildman–Crippen LogP) is 1.06. The number of nitrogens with zero attached hydrogens (tertiary/aromatic N) is 1. The van der Waals surface area contributed by atoms with Gasteiger partial charge in [0.2, 0.25) is 5.90 Å². The fraction of sp³-hybridized carbons (Fsp3) is 0.545. The van der Waals surface area contributed by atoms with Gasteiger partial charge < -0.3 is 14.2 Å². The maximum Gasteiger partial charge on any atom is 0.350 e. The number of hydrogen-bond acceptors (Lipinski definition) is 6. The number of aliphatic imine (C=N–C) groups is 1. The summed E-state index contributed by atoms with van der Waals surface area (Å²) in [4.78, 5) is 25.7. The lowest BCUT2D eigenvalue weighted by atomic mass is 10.6. The molecule has 0 heterocycles. The normalized spacial score (nSPS) is 10.6. The fourth-order valence-corrected chi connectivity index (χ4v) is 0.790. The van der Waals surface area contributed by atoms with Gasteiger partial charge in [-0.25, -0.2) is 4.79 Å². The molecule has 0 aromatic rings. The van der Waals surface area contributed by atoms with Crippen LogP contribution in [0.4, 0.5) is 0 Å². The molecule has 0 aliphatic carbocycles. The van der Waals surface area contributed by atoms with Crippen molar-refractivity contribution in [2.45, 2.75) is 20.8 Å². The van der Waals surface area contributed by atoms with Crippen LogP contribution in [0.1, 0.15) is 20.8 Å². The molecule has 0 atom stereocenters. The first-order valence-electron chi connectivity index (χ1n) is 5.11. The van der Waals surface area contributed by atoms with Crippen LogP contribution in [-0.4, -0.2) is 37.6 Å². The van der Waals surface area contributed by atoms with Crippen LogP contribution in [0.2, 0.25) is 0 Å². The fourth-order valence-electron chi connectivity index (χ4n) is 0.790. The maximum atomic E-state index is 11.3. The molecule has 0 aromatic carbocycles. The summed E-state index contributed by atoms with van der Waals surface area (Å²) in [5, 5.41) is 0. The van der Waals surface area contributed by atoms with Crippen LogP contribution in [0.3, 0.4) is 0 Å². The Kier molecular flexibility index (Phi) is 7.41. The molecule has 17 heavy (non-hydrogen) atoms. The quantitative estimate of drug-likeness (QED) is 0.302. The van der Waals surface area contributed by atoms with E-state index in [4.69, 9.17) is 9.47 Å². The van der Waals surface area contributed by atoms with Gasteiger partial charge in [-0.3, -0.25) is 9.79 Å². The zero-order valence-electron chi connectivity index (χ0n) is 10.3. The Morgan fingerprint density at radius 1 is 1.18 bits per heavy atom. The number of rotatable bonds is 6.